The maximum Gasteiger partial charge on any atom is 0.244 e. The van der Waals surface area contributed by atoms with Crippen molar-refractivity contribution in [2.45, 2.75) is 25.3 Å². The monoisotopic (exact) mass is 278 g/mol. The number of nitrogens with one attached hydrogen (secondary N) is 1. The quantitative estimate of drug-likeness (QED) is 0.858. The molecular formula is C14H22N4O2. The first-order valence-electron chi connectivity index (χ1n) is 7.42. The van der Waals surface area contributed by atoms with Crippen LogP contribution in [0.15, 0.2) is 12.3 Å². The molecule has 20 heavy (non-hydrogen) atoms. The minimum Gasteiger partial charge on any atom is -0.378 e. The largest absolute Gasteiger partial charge is 0.378 e. The van der Waals surface area contributed by atoms with Gasteiger partial charge in [0.15, 0.2) is 0 Å². The van der Waals surface area contributed by atoms with Gasteiger partial charge in [0.2, 0.25) is 5.91 Å². The predicted octanol–water partition coefficient (Wildman–Crippen LogP) is 0.209. The number of hydrogen-bond donors (Lipinski definition) is 1. The lowest BCUT2D eigenvalue weighted by Crippen LogP contribution is -2.42. The molecule has 6 heteroatoms. The fraction of sp³-hybridized carbons (Fsp3) is 0.714. The number of carbonyl (C=O) groups excluding carboxylic acids is 1. The smallest absolute Gasteiger partial charge is 0.244 e. The van der Waals surface area contributed by atoms with Crippen molar-refractivity contribution in [3.63, 3.8) is 0 Å². The maximum absolute atomic E-state index is 12.2. The summed E-state index contributed by atoms with van der Waals surface area (Å²) in [7, 11) is 0. The number of carbonyl (C=O) groups is 1. The van der Waals surface area contributed by atoms with Crippen LogP contribution < -0.4 is 5.32 Å². The molecule has 0 saturated carbocycles. The lowest BCUT2D eigenvalue weighted by Gasteiger charge is -2.26. The lowest BCUT2D eigenvalue weighted by molar-refractivity contribution is -0.136. The molecule has 1 aromatic rings. The van der Waals surface area contributed by atoms with E-state index in [1.165, 1.54) is 12.8 Å². The van der Waals surface area contributed by atoms with Gasteiger partial charge in [-0.25, -0.2) is 0 Å². The molecule has 2 aliphatic heterocycles. The van der Waals surface area contributed by atoms with Crippen LogP contribution in [0.5, 0.6) is 0 Å². The number of amides is 1. The minimum atomic E-state index is 0.129. The van der Waals surface area contributed by atoms with E-state index in [0.29, 0.717) is 38.8 Å². The summed E-state index contributed by atoms with van der Waals surface area (Å²) >= 11 is 0. The highest BCUT2D eigenvalue weighted by atomic mass is 16.5. The van der Waals surface area contributed by atoms with Crippen LogP contribution in [0.3, 0.4) is 0 Å². The Labute approximate surface area is 119 Å². The zero-order valence-electron chi connectivity index (χ0n) is 11.8. The first-order chi connectivity index (χ1) is 9.83. The van der Waals surface area contributed by atoms with Crippen molar-refractivity contribution in [3.8, 4) is 0 Å². The molecule has 3 rings (SSSR count). The van der Waals surface area contributed by atoms with Gasteiger partial charge in [0.25, 0.3) is 0 Å². The van der Waals surface area contributed by atoms with E-state index in [-0.39, 0.29) is 5.91 Å². The fourth-order valence-electron chi connectivity index (χ4n) is 2.84. The van der Waals surface area contributed by atoms with Crippen molar-refractivity contribution in [2.24, 2.45) is 0 Å². The summed E-state index contributed by atoms with van der Waals surface area (Å²) in [6.07, 6.45) is 4.30. The third kappa shape index (κ3) is 3.19. The van der Waals surface area contributed by atoms with Gasteiger partial charge in [0.1, 0.15) is 6.54 Å². The summed E-state index contributed by atoms with van der Waals surface area (Å²) < 4.78 is 7.03. The molecule has 1 aromatic heterocycles. The number of nitrogens with zero attached hydrogens (tertiary/aromatic N) is 3. The van der Waals surface area contributed by atoms with E-state index in [9.17, 15) is 4.79 Å². The average molecular weight is 278 g/mol. The van der Waals surface area contributed by atoms with Crippen LogP contribution in [-0.4, -0.2) is 60.0 Å². The number of aromatic nitrogens is 2. The summed E-state index contributed by atoms with van der Waals surface area (Å²) in [6.45, 7) is 5.11. The van der Waals surface area contributed by atoms with Crippen LogP contribution in [0.4, 0.5) is 0 Å². The molecule has 2 saturated heterocycles. The molecule has 3 heterocycles. The second-order valence-corrected chi connectivity index (χ2v) is 5.47. The van der Waals surface area contributed by atoms with E-state index in [1.54, 1.807) is 4.68 Å². The summed E-state index contributed by atoms with van der Waals surface area (Å²) in [5.74, 6) is 0.619. The Bertz CT molecular complexity index is 448. The van der Waals surface area contributed by atoms with Gasteiger partial charge in [0.05, 0.1) is 18.9 Å². The Morgan fingerprint density at radius 2 is 2.30 bits per heavy atom. The van der Waals surface area contributed by atoms with Crippen LogP contribution in [0, 0.1) is 0 Å². The van der Waals surface area contributed by atoms with E-state index >= 15 is 0 Å². The standard InChI is InChI=1S/C14H22N4O2/c19-14(17-6-8-20-9-7-17)11-18-5-3-13(16-18)12-2-1-4-15-10-12/h3,5,12,15H,1-2,4,6-11H2/t12-/m0/s1. The lowest BCUT2D eigenvalue weighted by atomic mass is 9.97. The Kier molecular flexibility index (Phi) is 4.32. The van der Waals surface area contributed by atoms with Crippen LogP contribution in [0.1, 0.15) is 24.5 Å². The van der Waals surface area contributed by atoms with Crippen molar-refractivity contribution in [1.82, 2.24) is 20.0 Å². The van der Waals surface area contributed by atoms with E-state index in [0.717, 1.165) is 18.8 Å². The molecule has 0 unspecified atom stereocenters. The predicted molar refractivity (Wildman–Crippen MR) is 74.5 cm³/mol. The molecule has 6 nitrogen and oxygen atoms in total. The van der Waals surface area contributed by atoms with Gasteiger partial charge in [-0.2, -0.15) is 5.10 Å². The van der Waals surface area contributed by atoms with E-state index in [1.807, 2.05) is 17.2 Å². The SMILES string of the molecule is O=C(Cn1ccc([C@H]2CCCNC2)n1)N1CCOCC1. The van der Waals surface area contributed by atoms with Crippen LogP contribution in [0.2, 0.25) is 0 Å². The van der Waals surface area contributed by atoms with Crippen LogP contribution in [-0.2, 0) is 16.1 Å². The van der Waals surface area contributed by atoms with Crippen molar-refractivity contribution in [1.29, 1.82) is 0 Å². The Balaban J connectivity index is 1.57. The van der Waals surface area contributed by atoms with Crippen molar-refractivity contribution in [3.05, 3.63) is 18.0 Å². The highest BCUT2D eigenvalue weighted by Gasteiger charge is 2.20. The summed E-state index contributed by atoms with van der Waals surface area (Å²) in [5.41, 5.74) is 1.10. The van der Waals surface area contributed by atoms with E-state index in [4.69, 9.17) is 4.74 Å². The molecule has 110 valence electrons. The molecule has 1 amide bonds. The molecule has 0 aliphatic carbocycles. The maximum atomic E-state index is 12.2. The van der Waals surface area contributed by atoms with Crippen LogP contribution >= 0.6 is 0 Å². The van der Waals surface area contributed by atoms with Crippen LogP contribution in [0.25, 0.3) is 0 Å². The number of ether oxygens (including phenoxy) is 1. The number of hydrogen-bond acceptors (Lipinski definition) is 4. The summed E-state index contributed by atoms with van der Waals surface area (Å²) in [6, 6.07) is 2.05. The van der Waals surface area contributed by atoms with Gasteiger partial charge in [-0.1, -0.05) is 0 Å². The van der Waals surface area contributed by atoms with Gasteiger partial charge in [0, 0.05) is 31.7 Å². The summed E-state index contributed by atoms with van der Waals surface area (Å²) in [5, 5.41) is 7.96. The molecule has 1 atom stereocenters. The highest BCUT2D eigenvalue weighted by Crippen LogP contribution is 2.21. The number of morpholine rings is 1. The second-order valence-electron chi connectivity index (χ2n) is 5.47. The molecule has 1 N–H and O–H groups in total. The molecule has 0 aromatic carbocycles. The Hall–Kier alpha value is -1.40. The molecule has 0 spiro atoms. The molecule has 2 aliphatic rings. The van der Waals surface area contributed by atoms with Crippen molar-refractivity contribution in [2.75, 3.05) is 39.4 Å². The zero-order valence-corrected chi connectivity index (χ0v) is 11.8. The molecule has 0 bridgehead atoms. The minimum absolute atomic E-state index is 0.129. The molecule has 2 fully saturated rings. The highest BCUT2D eigenvalue weighted by molar-refractivity contribution is 5.76. The number of piperidine rings is 1. The second kappa shape index (κ2) is 6.37. The van der Waals surface area contributed by atoms with Crippen molar-refractivity contribution < 1.29 is 9.53 Å². The third-order valence-electron chi connectivity index (χ3n) is 4.04. The number of rotatable bonds is 3. The Morgan fingerprint density at radius 1 is 1.45 bits per heavy atom. The molecule has 0 radical (unpaired) electrons. The average Bonchev–Trinajstić information content (AvgIpc) is 2.97. The summed E-state index contributed by atoms with van der Waals surface area (Å²) in [4.78, 5) is 14.0. The van der Waals surface area contributed by atoms with Crippen molar-refractivity contribution >= 4 is 5.91 Å². The topological polar surface area (TPSA) is 59.4 Å². The van der Waals surface area contributed by atoms with E-state index < -0.39 is 0 Å². The van der Waals surface area contributed by atoms with Gasteiger partial charge in [-0.15, -0.1) is 0 Å². The van der Waals surface area contributed by atoms with Gasteiger partial charge < -0.3 is 15.0 Å². The molecular weight excluding hydrogens is 256 g/mol. The first kappa shape index (κ1) is 13.6. The third-order valence-corrected chi connectivity index (χ3v) is 4.04. The van der Waals surface area contributed by atoms with Gasteiger partial charge >= 0.3 is 0 Å². The van der Waals surface area contributed by atoms with Gasteiger partial charge in [-0.05, 0) is 25.5 Å². The van der Waals surface area contributed by atoms with Gasteiger partial charge in [-0.3, -0.25) is 9.48 Å². The first-order valence-corrected chi connectivity index (χ1v) is 7.42. The normalized spacial score (nSPS) is 23.8. The van der Waals surface area contributed by atoms with E-state index in [2.05, 4.69) is 10.4 Å². The zero-order chi connectivity index (χ0) is 13.8. The fourth-order valence-corrected chi connectivity index (χ4v) is 2.84. The Morgan fingerprint density at radius 3 is 3.05 bits per heavy atom.